The quantitative estimate of drug-likeness (QED) is 0.409. The zero-order chi connectivity index (χ0) is 23.1. The summed E-state index contributed by atoms with van der Waals surface area (Å²) in [5.41, 5.74) is -0.400. The zero-order valence-corrected chi connectivity index (χ0v) is 18.2. The Morgan fingerprint density at radius 1 is 0.875 bits per heavy atom. The van der Waals surface area contributed by atoms with Crippen LogP contribution in [0.15, 0.2) is 23.4 Å². The molecule has 8 heteroatoms. The van der Waals surface area contributed by atoms with E-state index < -0.39 is 17.3 Å². The van der Waals surface area contributed by atoms with Gasteiger partial charge in [-0.05, 0) is 31.6 Å². The Bertz CT molecular complexity index is 869. The van der Waals surface area contributed by atoms with Crippen LogP contribution in [0.3, 0.4) is 0 Å². The minimum atomic E-state index is -0.664. The second-order valence-corrected chi connectivity index (χ2v) is 8.89. The molecule has 1 amide bonds. The second-order valence-electron chi connectivity index (χ2n) is 8.89. The molecule has 0 atom stereocenters. The van der Waals surface area contributed by atoms with Gasteiger partial charge in [0, 0.05) is 37.3 Å². The van der Waals surface area contributed by atoms with Gasteiger partial charge in [-0.25, -0.2) is 0 Å². The highest BCUT2D eigenvalue weighted by atomic mass is 16.2. The van der Waals surface area contributed by atoms with Crippen LogP contribution < -0.4 is 10.6 Å². The Kier molecular flexibility index (Phi) is 8.25. The fourth-order valence-electron chi connectivity index (χ4n) is 4.53. The maximum absolute atomic E-state index is 12.7. The molecular formula is C24H30N2O6. The molecule has 0 aromatic carbocycles. The van der Waals surface area contributed by atoms with Gasteiger partial charge in [-0.3, -0.25) is 28.8 Å². The fraction of sp³-hybridized carbons (Fsp3) is 0.583. The molecule has 0 spiro atoms. The molecule has 172 valence electrons. The van der Waals surface area contributed by atoms with Gasteiger partial charge in [0.2, 0.25) is 11.7 Å². The number of hydrogen-bond acceptors (Lipinski definition) is 7. The van der Waals surface area contributed by atoms with Crippen LogP contribution in [0.4, 0.5) is 0 Å². The maximum Gasteiger partial charge on any atom is 0.220 e. The van der Waals surface area contributed by atoms with Crippen molar-refractivity contribution in [2.45, 2.75) is 64.2 Å². The summed E-state index contributed by atoms with van der Waals surface area (Å²) in [7, 11) is 0. The largest absolute Gasteiger partial charge is 0.375 e. The van der Waals surface area contributed by atoms with E-state index in [-0.39, 0.29) is 47.8 Å². The minimum absolute atomic E-state index is 0.102. The van der Waals surface area contributed by atoms with E-state index in [1.165, 1.54) is 6.42 Å². The molecule has 2 saturated carbocycles. The molecule has 2 fully saturated rings. The van der Waals surface area contributed by atoms with Gasteiger partial charge in [-0.1, -0.05) is 19.3 Å². The third-order valence-electron chi connectivity index (χ3n) is 6.46. The number of nitrogens with one attached hydrogen (secondary N) is 2. The number of rotatable bonds is 9. The third kappa shape index (κ3) is 6.55. The van der Waals surface area contributed by atoms with Gasteiger partial charge >= 0.3 is 0 Å². The lowest BCUT2D eigenvalue weighted by molar-refractivity contribution is -0.126. The Labute approximate surface area is 187 Å². The van der Waals surface area contributed by atoms with Crippen LogP contribution in [-0.2, 0) is 28.8 Å². The molecule has 0 radical (unpaired) electrons. The molecule has 0 unspecified atom stereocenters. The Morgan fingerprint density at radius 3 is 2.25 bits per heavy atom. The summed E-state index contributed by atoms with van der Waals surface area (Å²) in [5, 5.41) is 5.25. The smallest absolute Gasteiger partial charge is 0.220 e. The van der Waals surface area contributed by atoms with Crippen molar-refractivity contribution < 1.29 is 28.8 Å². The van der Waals surface area contributed by atoms with Crippen LogP contribution in [0.25, 0.3) is 0 Å². The molecule has 0 aliphatic heterocycles. The first-order chi connectivity index (χ1) is 15.3. The van der Waals surface area contributed by atoms with E-state index in [1.807, 2.05) is 0 Å². The van der Waals surface area contributed by atoms with Gasteiger partial charge in [0.15, 0.2) is 17.3 Å². The predicted molar refractivity (Wildman–Crippen MR) is 115 cm³/mol. The summed E-state index contributed by atoms with van der Waals surface area (Å²) in [6, 6.07) is 0. The SMILES string of the molecule is O=C1C=C(NCC(=O)C2CCC(=O)CC2)C(=O)C(C(=O)CNC(=O)CC2CCCCC2)=C1. The number of hydrogen-bond donors (Lipinski definition) is 2. The first-order valence-corrected chi connectivity index (χ1v) is 11.4. The molecule has 0 saturated heterocycles. The molecule has 3 rings (SSSR count). The van der Waals surface area contributed by atoms with E-state index >= 15 is 0 Å². The summed E-state index contributed by atoms with van der Waals surface area (Å²) in [6.45, 7) is -0.498. The standard InChI is InChI=1S/C24H30N2O6/c27-17-8-6-16(7-9-17)21(29)13-25-20-12-18(28)11-19(24(20)32)22(30)14-26-23(31)10-15-4-2-1-3-5-15/h11-12,15-16,25H,1-10,13-14H2,(H,26,31). The van der Waals surface area contributed by atoms with Crippen molar-refractivity contribution in [2.24, 2.45) is 11.8 Å². The molecule has 3 aliphatic carbocycles. The lowest BCUT2D eigenvalue weighted by Gasteiger charge is -2.21. The van der Waals surface area contributed by atoms with E-state index in [4.69, 9.17) is 0 Å². The van der Waals surface area contributed by atoms with Crippen LogP contribution in [0.2, 0.25) is 0 Å². The number of allylic oxidation sites excluding steroid dienone is 3. The van der Waals surface area contributed by atoms with Crippen LogP contribution in [0, 0.1) is 11.8 Å². The molecule has 0 heterocycles. The van der Waals surface area contributed by atoms with Crippen molar-refractivity contribution in [1.29, 1.82) is 0 Å². The van der Waals surface area contributed by atoms with Gasteiger partial charge in [0.1, 0.15) is 5.78 Å². The highest BCUT2D eigenvalue weighted by molar-refractivity contribution is 6.32. The van der Waals surface area contributed by atoms with Crippen molar-refractivity contribution in [3.63, 3.8) is 0 Å². The Hall–Kier alpha value is -2.90. The Morgan fingerprint density at radius 2 is 1.56 bits per heavy atom. The summed E-state index contributed by atoms with van der Waals surface area (Å²) >= 11 is 0. The van der Waals surface area contributed by atoms with Gasteiger partial charge < -0.3 is 10.6 Å². The molecule has 3 aliphatic rings. The van der Waals surface area contributed by atoms with Crippen LogP contribution in [0.5, 0.6) is 0 Å². The summed E-state index contributed by atoms with van der Waals surface area (Å²) in [5.74, 6) is -1.95. The normalized spacial score (nSPS) is 20.4. The topological polar surface area (TPSA) is 126 Å². The molecule has 0 aromatic rings. The van der Waals surface area contributed by atoms with E-state index in [0.29, 0.717) is 38.0 Å². The fourth-order valence-corrected chi connectivity index (χ4v) is 4.53. The summed E-state index contributed by atoms with van der Waals surface area (Å²) in [4.78, 5) is 73.0. The zero-order valence-electron chi connectivity index (χ0n) is 18.2. The van der Waals surface area contributed by atoms with Crippen molar-refractivity contribution in [3.05, 3.63) is 23.4 Å². The molecule has 0 aromatic heterocycles. The molecular weight excluding hydrogens is 412 g/mol. The van der Waals surface area contributed by atoms with E-state index in [2.05, 4.69) is 10.6 Å². The van der Waals surface area contributed by atoms with Gasteiger partial charge in [-0.2, -0.15) is 0 Å². The lowest BCUT2D eigenvalue weighted by atomic mass is 9.85. The maximum atomic E-state index is 12.7. The second kappa shape index (κ2) is 11.1. The average Bonchev–Trinajstić information content (AvgIpc) is 2.78. The lowest BCUT2D eigenvalue weighted by Crippen LogP contribution is -2.37. The van der Waals surface area contributed by atoms with Gasteiger partial charge in [0.25, 0.3) is 0 Å². The Balaban J connectivity index is 1.48. The van der Waals surface area contributed by atoms with Crippen molar-refractivity contribution in [3.8, 4) is 0 Å². The van der Waals surface area contributed by atoms with Crippen LogP contribution >= 0.6 is 0 Å². The van der Waals surface area contributed by atoms with Gasteiger partial charge in [0.05, 0.1) is 24.4 Å². The van der Waals surface area contributed by atoms with Crippen LogP contribution in [0.1, 0.15) is 64.2 Å². The minimum Gasteiger partial charge on any atom is -0.375 e. The molecule has 8 nitrogen and oxygen atoms in total. The van der Waals surface area contributed by atoms with Crippen molar-refractivity contribution in [2.75, 3.05) is 13.1 Å². The number of carbonyl (C=O) groups excluding carboxylic acids is 6. The third-order valence-corrected chi connectivity index (χ3v) is 6.46. The van der Waals surface area contributed by atoms with Crippen LogP contribution in [-0.4, -0.2) is 47.9 Å². The van der Waals surface area contributed by atoms with E-state index in [1.54, 1.807) is 0 Å². The number of carbonyl (C=O) groups is 6. The van der Waals surface area contributed by atoms with E-state index in [9.17, 15) is 28.8 Å². The number of amides is 1. The monoisotopic (exact) mass is 442 g/mol. The average molecular weight is 443 g/mol. The molecule has 32 heavy (non-hydrogen) atoms. The predicted octanol–water partition coefficient (Wildman–Crippen LogP) is 1.52. The molecule has 2 N–H and O–H groups in total. The number of Topliss-reactive ketones (excluding diaryl/α,β-unsaturated/α-hetero) is 4. The molecule has 0 bridgehead atoms. The number of ketones is 5. The van der Waals surface area contributed by atoms with E-state index in [0.717, 1.165) is 37.8 Å². The van der Waals surface area contributed by atoms with Crippen molar-refractivity contribution >= 4 is 34.8 Å². The first-order valence-electron chi connectivity index (χ1n) is 11.4. The first kappa shape index (κ1) is 23.8. The summed E-state index contributed by atoms with van der Waals surface area (Å²) in [6.07, 6.45) is 9.59. The van der Waals surface area contributed by atoms with Crippen molar-refractivity contribution in [1.82, 2.24) is 10.6 Å². The highest BCUT2D eigenvalue weighted by Gasteiger charge is 2.29. The summed E-state index contributed by atoms with van der Waals surface area (Å²) < 4.78 is 0. The van der Waals surface area contributed by atoms with Gasteiger partial charge in [-0.15, -0.1) is 0 Å². The highest BCUT2D eigenvalue weighted by Crippen LogP contribution is 2.26.